The van der Waals surface area contributed by atoms with Crippen LogP contribution in [0.4, 0.5) is 4.39 Å². The number of carbonyl (C=O) groups is 1. The van der Waals surface area contributed by atoms with Crippen molar-refractivity contribution in [3.05, 3.63) is 35.1 Å². The molecule has 0 bridgehead atoms. The number of fused-ring (bicyclic) bond motifs is 1. The van der Waals surface area contributed by atoms with Crippen LogP contribution in [-0.4, -0.2) is 11.1 Å². The third kappa shape index (κ3) is 1.74. The predicted octanol–water partition coefficient (Wildman–Crippen LogP) is 2.89. The van der Waals surface area contributed by atoms with Crippen LogP contribution in [0.3, 0.4) is 0 Å². The van der Waals surface area contributed by atoms with Crippen molar-refractivity contribution in [1.82, 2.24) is 0 Å². The molecule has 1 aliphatic carbocycles. The first-order valence-electron chi connectivity index (χ1n) is 5.11. The minimum absolute atomic E-state index is 0.256. The van der Waals surface area contributed by atoms with Crippen molar-refractivity contribution in [1.29, 1.82) is 0 Å². The lowest BCUT2D eigenvalue weighted by Gasteiger charge is -2.27. The third-order valence-electron chi connectivity index (χ3n) is 3.14. The first-order chi connectivity index (χ1) is 7.09. The smallest absolute Gasteiger partial charge is 0.310 e. The maximum Gasteiger partial charge on any atom is 0.310 e. The molecular formula is C12H13FO2. The van der Waals surface area contributed by atoms with Crippen molar-refractivity contribution >= 4 is 5.97 Å². The Kier molecular flexibility index (Phi) is 2.47. The molecule has 2 unspecified atom stereocenters. The Balaban J connectivity index is 2.50. The Hall–Kier alpha value is -1.38. The van der Waals surface area contributed by atoms with Gasteiger partial charge in [0.15, 0.2) is 0 Å². The number of carboxylic acids is 1. The molecule has 0 spiro atoms. The molecule has 0 radical (unpaired) electrons. The molecule has 1 aromatic rings. The van der Waals surface area contributed by atoms with E-state index < -0.39 is 11.9 Å². The van der Waals surface area contributed by atoms with Crippen LogP contribution >= 0.6 is 0 Å². The molecule has 0 aromatic heterocycles. The van der Waals surface area contributed by atoms with Crippen LogP contribution < -0.4 is 0 Å². The number of hydrogen-bond donors (Lipinski definition) is 1. The number of benzene rings is 1. The Morgan fingerprint density at radius 3 is 2.80 bits per heavy atom. The summed E-state index contributed by atoms with van der Waals surface area (Å²) < 4.78 is 13.0. The standard InChI is InChI=1S/C12H13FO2/c1-7-2-4-10(12(14)15)9-5-3-8(13)6-11(7)9/h3,5-7,10H,2,4H2,1H3,(H,14,15). The van der Waals surface area contributed by atoms with E-state index in [-0.39, 0.29) is 11.7 Å². The summed E-state index contributed by atoms with van der Waals surface area (Å²) in [4.78, 5) is 11.0. The molecule has 3 heteroatoms. The highest BCUT2D eigenvalue weighted by molar-refractivity contribution is 5.77. The molecule has 2 atom stereocenters. The van der Waals surface area contributed by atoms with Crippen LogP contribution in [0.25, 0.3) is 0 Å². The summed E-state index contributed by atoms with van der Waals surface area (Å²) in [6, 6.07) is 4.42. The largest absolute Gasteiger partial charge is 0.481 e. The second kappa shape index (κ2) is 3.65. The number of carboxylic acid groups (broad SMARTS) is 1. The SMILES string of the molecule is CC1CCC(C(=O)O)c2ccc(F)cc21. The fraction of sp³-hybridized carbons (Fsp3) is 0.417. The van der Waals surface area contributed by atoms with Crippen LogP contribution in [0.15, 0.2) is 18.2 Å². The van der Waals surface area contributed by atoms with Gasteiger partial charge in [-0.3, -0.25) is 4.79 Å². The number of hydrogen-bond acceptors (Lipinski definition) is 1. The van der Waals surface area contributed by atoms with E-state index in [4.69, 9.17) is 5.11 Å². The molecule has 0 saturated carbocycles. The lowest BCUT2D eigenvalue weighted by molar-refractivity contribution is -0.139. The van der Waals surface area contributed by atoms with Gasteiger partial charge in [0.2, 0.25) is 0 Å². The molecule has 0 saturated heterocycles. The maximum atomic E-state index is 13.0. The predicted molar refractivity (Wildman–Crippen MR) is 54.4 cm³/mol. The van der Waals surface area contributed by atoms with E-state index in [1.165, 1.54) is 12.1 Å². The zero-order valence-electron chi connectivity index (χ0n) is 8.53. The van der Waals surface area contributed by atoms with Crippen molar-refractivity contribution in [3.63, 3.8) is 0 Å². The van der Waals surface area contributed by atoms with Gasteiger partial charge in [-0.15, -0.1) is 0 Å². The van der Waals surface area contributed by atoms with Gasteiger partial charge in [0.25, 0.3) is 0 Å². The van der Waals surface area contributed by atoms with E-state index in [9.17, 15) is 9.18 Å². The van der Waals surface area contributed by atoms with E-state index in [2.05, 4.69) is 0 Å². The van der Waals surface area contributed by atoms with Crippen molar-refractivity contribution < 1.29 is 14.3 Å². The van der Waals surface area contributed by atoms with Gasteiger partial charge in [0.1, 0.15) is 5.82 Å². The van der Waals surface area contributed by atoms with Gasteiger partial charge in [-0.2, -0.15) is 0 Å². The second-order valence-corrected chi connectivity index (χ2v) is 4.14. The monoisotopic (exact) mass is 208 g/mol. The third-order valence-corrected chi connectivity index (χ3v) is 3.14. The topological polar surface area (TPSA) is 37.3 Å². The molecule has 2 nitrogen and oxygen atoms in total. The van der Waals surface area contributed by atoms with Gasteiger partial charge in [0.05, 0.1) is 5.92 Å². The highest BCUT2D eigenvalue weighted by Crippen LogP contribution is 2.38. The summed E-state index contributed by atoms with van der Waals surface area (Å²) in [5.74, 6) is -1.30. The fourth-order valence-corrected chi connectivity index (χ4v) is 2.27. The highest BCUT2D eigenvalue weighted by atomic mass is 19.1. The molecule has 0 heterocycles. The fourth-order valence-electron chi connectivity index (χ4n) is 2.27. The Labute approximate surface area is 87.7 Å². The average Bonchev–Trinajstić information content (AvgIpc) is 2.19. The quantitative estimate of drug-likeness (QED) is 0.770. The molecule has 80 valence electrons. The molecule has 15 heavy (non-hydrogen) atoms. The summed E-state index contributed by atoms with van der Waals surface area (Å²) in [5, 5.41) is 9.05. The Bertz CT molecular complexity index is 401. The summed E-state index contributed by atoms with van der Waals surface area (Å²) in [6.45, 7) is 2.01. The van der Waals surface area contributed by atoms with E-state index in [1.807, 2.05) is 6.92 Å². The van der Waals surface area contributed by atoms with Gasteiger partial charge in [-0.25, -0.2) is 4.39 Å². The van der Waals surface area contributed by atoms with Gasteiger partial charge >= 0.3 is 5.97 Å². The van der Waals surface area contributed by atoms with Gasteiger partial charge in [-0.05, 0) is 42.0 Å². The number of aliphatic carboxylic acids is 1. The van der Waals surface area contributed by atoms with Crippen LogP contribution in [0, 0.1) is 5.82 Å². The van der Waals surface area contributed by atoms with E-state index >= 15 is 0 Å². The minimum atomic E-state index is -0.810. The van der Waals surface area contributed by atoms with E-state index in [0.29, 0.717) is 6.42 Å². The van der Waals surface area contributed by atoms with E-state index in [1.54, 1.807) is 6.07 Å². The molecule has 0 amide bonds. The van der Waals surface area contributed by atoms with Gasteiger partial charge in [-0.1, -0.05) is 13.0 Å². The van der Waals surface area contributed by atoms with Gasteiger partial charge in [0, 0.05) is 0 Å². The second-order valence-electron chi connectivity index (χ2n) is 4.14. The molecule has 1 aromatic carbocycles. The summed E-state index contributed by atoms with van der Waals surface area (Å²) in [5.41, 5.74) is 1.64. The van der Waals surface area contributed by atoms with Crippen LogP contribution in [0.2, 0.25) is 0 Å². The van der Waals surface area contributed by atoms with E-state index in [0.717, 1.165) is 17.5 Å². The zero-order valence-corrected chi connectivity index (χ0v) is 8.53. The summed E-state index contributed by atoms with van der Waals surface area (Å²) >= 11 is 0. The summed E-state index contributed by atoms with van der Waals surface area (Å²) in [6.07, 6.45) is 1.46. The molecular weight excluding hydrogens is 195 g/mol. The first-order valence-corrected chi connectivity index (χ1v) is 5.11. The molecule has 2 rings (SSSR count). The number of rotatable bonds is 1. The normalized spacial score (nSPS) is 24.7. The van der Waals surface area contributed by atoms with Crippen LogP contribution in [0.1, 0.15) is 42.7 Å². The van der Waals surface area contributed by atoms with Crippen molar-refractivity contribution in [2.45, 2.75) is 31.6 Å². The molecule has 0 aliphatic heterocycles. The Morgan fingerprint density at radius 2 is 2.13 bits per heavy atom. The molecule has 1 aliphatic rings. The van der Waals surface area contributed by atoms with Crippen molar-refractivity contribution in [2.75, 3.05) is 0 Å². The van der Waals surface area contributed by atoms with Gasteiger partial charge < -0.3 is 5.11 Å². The number of halogens is 1. The first kappa shape index (κ1) is 10.1. The van der Waals surface area contributed by atoms with Crippen LogP contribution in [0.5, 0.6) is 0 Å². The molecule has 0 fully saturated rings. The van der Waals surface area contributed by atoms with Crippen LogP contribution in [-0.2, 0) is 4.79 Å². The Morgan fingerprint density at radius 1 is 1.40 bits per heavy atom. The van der Waals surface area contributed by atoms with Crippen molar-refractivity contribution in [3.8, 4) is 0 Å². The summed E-state index contributed by atoms with van der Waals surface area (Å²) in [7, 11) is 0. The lowest BCUT2D eigenvalue weighted by Crippen LogP contribution is -2.19. The minimum Gasteiger partial charge on any atom is -0.481 e. The average molecular weight is 208 g/mol. The lowest BCUT2D eigenvalue weighted by atomic mass is 9.77. The maximum absolute atomic E-state index is 13.0. The zero-order chi connectivity index (χ0) is 11.0. The highest BCUT2D eigenvalue weighted by Gasteiger charge is 2.29. The molecule has 1 N–H and O–H groups in total. The van der Waals surface area contributed by atoms with Crippen molar-refractivity contribution in [2.24, 2.45) is 0 Å².